The molecule has 0 spiro atoms. The predicted molar refractivity (Wildman–Crippen MR) is 125 cm³/mol. The van der Waals surface area contributed by atoms with Crippen LogP contribution in [-0.2, 0) is 14.3 Å². The molecule has 0 amide bonds. The minimum atomic E-state index is -3.83. The zero-order chi connectivity index (χ0) is 22.7. The topological polar surface area (TPSA) is 69.4 Å². The number of rotatable bonds is 7. The summed E-state index contributed by atoms with van der Waals surface area (Å²) in [4.78, 5) is 4.77. The van der Waals surface area contributed by atoms with Gasteiger partial charge in [0.05, 0.1) is 17.2 Å². The van der Waals surface area contributed by atoms with Crippen LogP contribution in [0.2, 0.25) is 0 Å². The third kappa shape index (κ3) is 4.82. The van der Waals surface area contributed by atoms with E-state index in [9.17, 15) is 8.42 Å². The Labute approximate surface area is 188 Å². The first-order chi connectivity index (χ1) is 15.3. The number of oxazole rings is 1. The summed E-state index contributed by atoms with van der Waals surface area (Å²) in [6.45, 7) is 5.59. The fraction of sp³-hybridized carbons (Fsp3) is 0.192. The molecule has 0 fully saturated rings. The van der Waals surface area contributed by atoms with E-state index in [2.05, 4.69) is 17.1 Å². The average molecular weight is 448 g/mol. The third-order valence-corrected chi connectivity index (χ3v) is 6.62. The van der Waals surface area contributed by atoms with Gasteiger partial charge in [-0.05, 0) is 49.2 Å². The lowest BCUT2D eigenvalue weighted by atomic mass is 10.0. The Morgan fingerprint density at radius 1 is 0.844 bits per heavy atom. The van der Waals surface area contributed by atoms with E-state index >= 15 is 0 Å². The van der Waals surface area contributed by atoms with Crippen molar-refractivity contribution < 1.29 is 17.0 Å². The maximum absolute atomic E-state index is 12.5. The number of hydrogen-bond donors (Lipinski definition) is 0. The van der Waals surface area contributed by atoms with Crippen molar-refractivity contribution in [2.75, 3.05) is 6.61 Å². The summed E-state index contributed by atoms with van der Waals surface area (Å²) < 4.78 is 36.1. The fourth-order valence-electron chi connectivity index (χ4n) is 3.47. The second kappa shape index (κ2) is 9.10. The molecule has 0 radical (unpaired) electrons. The van der Waals surface area contributed by atoms with Crippen LogP contribution in [0.25, 0.3) is 22.6 Å². The zero-order valence-corrected chi connectivity index (χ0v) is 19.1. The highest BCUT2D eigenvalue weighted by Crippen LogP contribution is 2.29. The van der Waals surface area contributed by atoms with E-state index in [1.807, 2.05) is 63.2 Å². The number of nitrogens with zero attached hydrogens (tertiary/aromatic N) is 1. The summed E-state index contributed by atoms with van der Waals surface area (Å²) in [5.74, 6) is 0.901. The van der Waals surface area contributed by atoms with Gasteiger partial charge in [0.2, 0.25) is 5.89 Å². The van der Waals surface area contributed by atoms with Gasteiger partial charge in [-0.25, -0.2) is 4.98 Å². The van der Waals surface area contributed by atoms with Crippen LogP contribution < -0.4 is 0 Å². The molecule has 0 N–H and O–H groups in total. The van der Waals surface area contributed by atoms with Crippen molar-refractivity contribution in [2.24, 2.45) is 0 Å². The smallest absolute Gasteiger partial charge is 0.296 e. The van der Waals surface area contributed by atoms with E-state index in [-0.39, 0.29) is 17.4 Å². The van der Waals surface area contributed by atoms with E-state index in [4.69, 9.17) is 8.60 Å². The lowest BCUT2D eigenvalue weighted by Crippen LogP contribution is -2.12. The molecule has 0 saturated heterocycles. The Morgan fingerprint density at radius 2 is 1.44 bits per heavy atom. The predicted octanol–water partition coefficient (Wildman–Crippen LogP) is 6.13. The van der Waals surface area contributed by atoms with E-state index in [1.54, 1.807) is 24.3 Å². The second-order valence-corrected chi connectivity index (χ2v) is 9.47. The molecular formula is C26H25NO4S. The summed E-state index contributed by atoms with van der Waals surface area (Å²) in [6.07, 6.45) is 0. The Hall–Kier alpha value is -3.22. The van der Waals surface area contributed by atoms with Crippen molar-refractivity contribution >= 4 is 10.1 Å². The summed E-state index contributed by atoms with van der Waals surface area (Å²) in [6, 6.07) is 24.7. The highest BCUT2D eigenvalue weighted by Gasteiger charge is 2.21. The zero-order valence-electron chi connectivity index (χ0n) is 18.3. The van der Waals surface area contributed by atoms with Gasteiger partial charge >= 0.3 is 0 Å². The Morgan fingerprint density at radius 3 is 2.09 bits per heavy atom. The molecule has 5 nitrogen and oxygen atoms in total. The summed E-state index contributed by atoms with van der Waals surface area (Å²) in [7, 11) is -3.83. The summed E-state index contributed by atoms with van der Waals surface area (Å²) >= 11 is 0. The minimum absolute atomic E-state index is 0.0179. The third-order valence-electron chi connectivity index (χ3n) is 5.32. The molecule has 4 rings (SSSR count). The molecule has 3 aromatic carbocycles. The molecule has 0 aliphatic heterocycles. The highest BCUT2D eigenvalue weighted by molar-refractivity contribution is 7.86. The fourth-order valence-corrected chi connectivity index (χ4v) is 4.46. The van der Waals surface area contributed by atoms with Crippen molar-refractivity contribution in [3.05, 3.63) is 95.9 Å². The van der Waals surface area contributed by atoms with Gasteiger partial charge in [0.15, 0.2) is 0 Å². The monoisotopic (exact) mass is 447 g/mol. The average Bonchev–Trinajstić information content (AvgIpc) is 3.20. The van der Waals surface area contributed by atoms with Crippen molar-refractivity contribution in [1.29, 1.82) is 0 Å². The van der Waals surface area contributed by atoms with Gasteiger partial charge in [0, 0.05) is 11.5 Å². The molecule has 1 unspecified atom stereocenters. The molecule has 6 heteroatoms. The number of aryl methyl sites for hydroxylation is 2. The second-order valence-electron chi connectivity index (χ2n) is 7.86. The van der Waals surface area contributed by atoms with Gasteiger partial charge in [-0.15, -0.1) is 0 Å². The maximum Gasteiger partial charge on any atom is 0.296 e. The lowest BCUT2D eigenvalue weighted by Gasteiger charge is -2.10. The first-order valence-corrected chi connectivity index (χ1v) is 11.8. The molecule has 1 heterocycles. The molecule has 0 aliphatic rings. The van der Waals surface area contributed by atoms with Crippen molar-refractivity contribution in [3.8, 4) is 22.6 Å². The molecule has 0 bridgehead atoms. The van der Waals surface area contributed by atoms with Gasteiger partial charge in [-0.2, -0.15) is 8.42 Å². The van der Waals surface area contributed by atoms with Crippen LogP contribution in [-0.4, -0.2) is 20.0 Å². The standard InChI is InChI=1S/C26H25NO4S/c1-18-9-15-24(16-10-18)32(28,29)30-17-19(2)25-20(3)31-26(27-25)23-13-11-22(12-14-23)21-7-5-4-6-8-21/h4-16,19H,17H2,1-3H3. The largest absolute Gasteiger partial charge is 0.441 e. The first kappa shape index (κ1) is 22.0. The highest BCUT2D eigenvalue weighted by atomic mass is 32.2. The van der Waals surface area contributed by atoms with Crippen LogP contribution in [0.5, 0.6) is 0 Å². The molecule has 0 aliphatic carbocycles. The van der Waals surface area contributed by atoms with Crippen molar-refractivity contribution in [1.82, 2.24) is 4.98 Å². The van der Waals surface area contributed by atoms with Gasteiger partial charge in [0.25, 0.3) is 10.1 Å². The molecular weight excluding hydrogens is 422 g/mol. The van der Waals surface area contributed by atoms with Crippen LogP contribution in [0.3, 0.4) is 0 Å². The van der Waals surface area contributed by atoms with Crippen LogP contribution in [0.1, 0.15) is 29.9 Å². The molecule has 32 heavy (non-hydrogen) atoms. The van der Waals surface area contributed by atoms with E-state index < -0.39 is 10.1 Å². The summed E-state index contributed by atoms with van der Waals surface area (Å²) in [5, 5.41) is 0. The molecule has 164 valence electrons. The SMILES string of the molecule is Cc1ccc(S(=O)(=O)OCC(C)c2nc(-c3ccc(-c4ccccc4)cc3)oc2C)cc1. The molecule has 0 saturated carbocycles. The van der Waals surface area contributed by atoms with E-state index in [0.717, 1.165) is 22.3 Å². The summed E-state index contributed by atoms with van der Waals surface area (Å²) in [5.41, 5.74) is 4.79. The first-order valence-electron chi connectivity index (χ1n) is 10.4. The van der Waals surface area contributed by atoms with Gasteiger partial charge in [-0.3, -0.25) is 4.18 Å². The Bertz CT molecular complexity index is 1290. The Balaban J connectivity index is 1.47. The van der Waals surface area contributed by atoms with Gasteiger partial charge in [-0.1, -0.05) is 67.1 Å². The number of hydrogen-bond acceptors (Lipinski definition) is 5. The van der Waals surface area contributed by atoms with Crippen LogP contribution in [0, 0.1) is 13.8 Å². The molecule has 4 aromatic rings. The van der Waals surface area contributed by atoms with Crippen LogP contribution in [0.15, 0.2) is 88.2 Å². The molecule has 1 aromatic heterocycles. The van der Waals surface area contributed by atoms with Crippen LogP contribution >= 0.6 is 0 Å². The van der Waals surface area contributed by atoms with E-state index in [1.165, 1.54) is 0 Å². The quantitative estimate of drug-likeness (QED) is 0.319. The van der Waals surface area contributed by atoms with E-state index in [0.29, 0.717) is 17.3 Å². The maximum atomic E-state index is 12.5. The van der Waals surface area contributed by atoms with Crippen molar-refractivity contribution in [2.45, 2.75) is 31.6 Å². The van der Waals surface area contributed by atoms with Gasteiger partial charge < -0.3 is 4.42 Å². The minimum Gasteiger partial charge on any atom is -0.441 e. The normalized spacial score (nSPS) is 12.6. The van der Waals surface area contributed by atoms with Crippen LogP contribution in [0.4, 0.5) is 0 Å². The number of aromatic nitrogens is 1. The number of benzene rings is 3. The van der Waals surface area contributed by atoms with Gasteiger partial charge in [0.1, 0.15) is 5.76 Å². The lowest BCUT2D eigenvalue weighted by molar-refractivity contribution is 0.295. The molecule has 1 atom stereocenters. The Kier molecular flexibility index (Phi) is 6.26. The van der Waals surface area contributed by atoms with Crippen molar-refractivity contribution in [3.63, 3.8) is 0 Å².